The number of aromatic nitrogens is 4. The van der Waals surface area contributed by atoms with E-state index in [-0.39, 0.29) is 23.2 Å². The van der Waals surface area contributed by atoms with Crippen molar-refractivity contribution in [1.29, 1.82) is 5.26 Å². The number of carbonyl (C=O) groups is 2. The number of hydrogen-bond acceptors (Lipinski definition) is 7. The van der Waals surface area contributed by atoms with Crippen LogP contribution in [-0.4, -0.2) is 46.5 Å². The van der Waals surface area contributed by atoms with Crippen LogP contribution in [0.1, 0.15) is 26.5 Å². The van der Waals surface area contributed by atoms with Crippen molar-refractivity contribution in [2.75, 3.05) is 19.4 Å². The van der Waals surface area contributed by atoms with E-state index in [1.165, 1.54) is 26.4 Å². The Morgan fingerprint density at radius 1 is 1.17 bits per heavy atom. The number of carbonyl (C=O) groups excluding carboxylic acids is 2. The number of aromatic amines is 1. The summed E-state index contributed by atoms with van der Waals surface area (Å²) in [7, 11) is 2.98. The number of nitrogens with one attached hydrogen (secondary N) is 4. The number of rotatable bonds is 5. The van der Waals surface area contributed by atoms with Gasteiger partial charge in [-0.05, 0) is 23.4 Å². The number of tetrazole rings is 1. The third-order valence-corrected chi connectivity index (χ3v) is 3.00. The van der Waals surface area contributed by atoms with Crippen molar-refractivity contribution >= 4 is 23.1 Å². The van der Waals surface area contributed by atoms with Crippen LogP contribution in [0.25, 0.3) is 5.57 Å². The molecule has 0 unspecified atom stereocenters. The number of amides is 2. The SMILES string of the molecule is CNC(=O)c1cc(NC=C(C#N)c2nn[nH]n2)cc(C(=O)NC)c1. The van der Waals surface area contributed by atoms with Gasteiger partial charge in [-0.15, -0.1) is 10.2 Å². The monoisotopic (exact) mass is 326 g/mol. The molecule has 1 heterocycles. The van der Waals surface area contributed by atoms with Gasteiger partial charge in [-0.1, -0.05) is 0 Å². The van der Waals surface area contributed by atoms with Crippen molar-refractivity contribution in [2.24, 2.45) is 0 Å². The minimum Gasteiger partial charge on any atom is -0.360 e. The first-order chi connectivity index (χ1) is 11.6. The van der Waals surface area contributed by atoms with Crippen LogP contribution in [0.5, 0.6) is 0 Å². The maximum Gasteiger partial charge on any atom is 0.251 e. The molecule has 1 aromatic heterocycles. The first kappa shape index (κ1) is 16.6. The predicted octanol–water partition coefficient (Wildman–Crippen LogP) is -0.105. The molecule has 0 saturated carbocycles. The van der Waals surface area contributed by atoms with Crippen LogP contribution < -0.4 is 16.0 Å². The van der Waals surface area contributed by atoms with E-state index in [0.717, 1.165) is 0 Å². The average Bonchev–Trinajstić information content (AvgIpc) is 3.15. The average molecular weight is 326 g/mol. The summed E-state index contributed by atoms with van der Waals surface area (Å²) in [5.74, 6) is -0.558. The van der Waals surface area contributed by atoms with Crippen molar-refractivity contribution in [3.63, 3.8) is 0 Å². The summed E-state index contributed by atoms with van der Waals surface area (Å²) >= 11 is 0. The topological polar surface area (TPSA) is 148 Å². The second kappa shape index (κ2) is 7.50. The Labute approximate surface area is 136 Å². The van der Waals surface area contributed by atoms with Gasteiger partial charge in [0, 0.05) is 37.1 Å². The van der Waals surface area contributed by atoms with Crippen LogP contribution in [0.3, 0.4) is 0 Å². The summed E-state index contributed by atoms with van der Waals surface area (Å²) in [5, 5.41) is 30.0. The van der Waals surface area contributed by atoms with Gasteiger partial charge in [0.05, 0.1) is 0 Å². The Morgan fingerprint density at radius 2 is 1.79 bits per heavy atom. The van der Waals surface area contributed by atoms with Gasteiger partial charge in [-0.25, -0.2) is 0 Å². The maximum atomic E-state index is 11.8. The molecule has 2 amide bonds. The highest BCUT2D eigenvalue weighted by molar-refractivity contribution is 6.01. The smallest absolute Gasteiger partial charge is 0.251 e. The zero-order valence-electron chi connectivity index (χ0n) is 12.9. The van der Waals surface area contributed by atoms with E-state index in [1.807, 2.05) is 6.07 Å². The number of anilines is 1. The number of hydrogen-bond donors (Lipinski definition) is 4. The number of nitrogens with zero attached hydrogens (tertiary/aromatic N) is 4. The fourth-order valence-electron chi connectivity index (χ4n) is 1.84. The molecule has 122 valence electrons. The Hall–Kier alpha value is -3.74. The molecule has 2 aromatic rings. The fraction of sp³-hybridized carbons (Fsp3) is 0.143. The second-order valence-electron chi connectivity index (χ2n) is 4.51. The summed E-state index contributed by atoms with van der Waals surface area (Å²) in [4.78, 5) is 23.7. The number of nitriles is 1. The van der Waals surface area contributed by atoms with Crippen LogP contribution in [-0.2, 0) is 0 Å². The van der Waals surface area contributed by atoms with Gasteiger partial charge in [0.25, 0.3) is 11.8 Å². The molecular formula is C14H14N8O2. The van der Waals surface area contributed by atoms with E-state index < -0.39 is 0 Å². The van der Waals surface area contributed by atoms with Gasteiger partial charge < -0.3 is 16.0 Å². The van der Waals surface area contributed by atoms with Crippen molar-refractivity contribution in [3.8, 4) is 6.07 Å². The van der Waals surface area contributed by atoms with Crippen molar-refractivity contribution < 1.29 is 9.59 Å². The maximum absolute atomic E-state index is 11.8. The molecule has 0 bridgehead atoms. The normalized spacial score (nSPS) is 10.6. The fourth-order valence-corrected chi connectivity index (χ4v) is 1.84. The molecule has 24 heavy (non-hydrogen) atoms. The van der Waals surface area contributed by atoms with E-state index in [2.05, 4.69) is 36.6 Å². The highest BCUT2D eigenvalue weighted by Gasteiger charge is 2.12. The van der Waals surface area contributed by atoms with Crippen molar-refractivity contribution in [1.82, 2.24) is 31.3 Å². The van der Waals surface area contributed by atoms with Crippen LogP contribution in [0.4, 0.5) is 5.69 Å². The van der Waals surface area contributed by atoms with E-state index in [1.54, 1.807) is 12.1 Å². The van der Waals surface area contributed by atoms with Crippen molar-refractivity contribution in [3.05, 3.63) is 41.4 Å². The highest BCUT2D eigenvalue weighted by atomic mass is 16.2. The van der Waals surface area contributed by atoms with E-state index >= 15 is 0 Å². The Kier molecular flexibility index (Phi) is 5.20. The zero-order chi connectivity index (χ0) is 17.5. The van der Waals surface area contributed by atoms with Crippen LogP contribution in [0.2, 0.25) is 0 Å². The first-order valence-corrected chi connectivity index (χ1v) is 6.79. The molecule has 0 saturated heterocycles. The minimum absolute atomic E-state index is 0.124. The number of benzene rings is 1. The van der Waals surface area contributed by atoms with Gasteiger partial charge in [0.1, 0.15) is 11.6 Å². The van der Waals surface area contributed by atoms with Gasteiger partial charge in [0.15, 0.2) is 0 Å². The standard InChI is InChI=1S/C14H14N8O2/c1-16-13(23)8-3-9(14(24)17-2)5-11(4-8)18-7-10(6-15)12-19-21-22-20-12/h3-5,7,18H,1-2H3,(H,16,23)(H,17,24)(H,19,20,21,22). The molecule has 0 aliphatic heterocycles. The molecule has 10 heteroatoms. The molecule has 4 N–H and O–H groups in total. The largest absolute Gasteiger partial charge is 0.360 e. The number of H-pyrrole nitrogens is 1. The Balaban J connectivity index is 2.37. The van der Waals surface area contributed by atoms with E-state index in [9.17, 15) is 9.59 Å². The molecule has 1 aromatic carbocycles. The highest BCUT2D eigenvalue weighted by Crippen LogP contribution is 2.17. The molecule has 0 atom stereocenters. The van der Waals surface area contributed by atoms with Gasteiger partial charge >= 0.3 is 0 Å². The lowest BCUT2D eigenvalue weighted by Gasteiger charge is -2.08. The quantitative estimate of drug-likeness (QED) is 0.560. The van der Waals surface area contributed by atoms with Crippen molar-refractivity contribution in [2.45, 2.75) is 0 Å². The van der Waals surface area contributed by atoms with E-state index in [4.69, 9.17) is 5.26 Å². The first-order valence-electron chi connectivity index (χ1n) is 6.79. The predicted molar refractivity (Wildman–Crippen MR) is 84.6 cm³/mol. The lowest BCUT2D eigenvalue weighted by Crippen LogP contribution is -2.21. The minimum atomic E-state index is -0.341. The summed E-state index contributed by atoms with van der Waals surface area (Å²) in [5.41, 5.74) is 1.18. The Bertz CT molecular complexity index is 786. The third-order valence-electron chi connectivity index (χ3n) is 3.00. The van der Waals surface area contributed by atoms with Crippen LogP contribution >= 0.6 is 0 Å². The lowest BCUT2D eigenvalue weighted by atomic mass is 10.1. The van der Waals surface area contributed by atoms with Crippen LogP contribution in [0.15, 0.2) is 24.4 Å². The summed E-state index contributed by atoms with van der Waals surface area (Å²) in [6, 6.07) is 6.49. The van der Waals surface area contributed by atoms with Gasteiger partial charge in [-0.2, -0.15) is 10.5 Å². The molecule has 0 spiro atoms. The summed E-state index contributed by atoms with van der Waals surface area (Å²) in [6.45, 7) is 0. The molecule has 0 radical (unpaired) electrons. The van der Waals surface area contributed by atoms with Crippen LogP contribution in [0, 0.1) is 11.3 Å². The molecule has 0 fully saturated rings. The Morgan fingerprint density at radius 3 is 2.25 bits per heavy atom. The molecular weight excluding hydrogens is 312 g/mol. The molecule has 0 aliphatic rings. The second-order valence-corrected chi connectivity index (χ2v) is 4.51. The summed E-state index contributed by atoms with van der Waals surface area (Å²) < 4.78 is 0. The molecule has 10 nitrogen and oxygen atoms in total. The lowest BCUT2D eigenvalue weighted by molar-refractivity contribution is 0.0962. The third kappa shape index (κ3) is 3.72. The molecule has 2 rings (SSSR count). The summed E-state index contributed by atoms with van der Waals surface area (Å²) in [6.07, 6.45) is 1.36. The zero-order valence-corrected chi connectivity index (χ0v) is 12.9. The van der Waals surface area contributed by atoms with Gasteiger partial charge in [0.2, 0.25) is 5.82 Å². The number of allylic oxidation sites excluding steroid dienone is 1. The molecule has 0 aliphatic carbocycles. The van der Waals surface area contributed by atoms with Gasteiger partial charge in [-0.3, -0.25) is 9.59 Å². The van der Waals surface area contributed by atoms with E-state index in [0.29, 0.717) is 16.8 Å².